The summed E-state index contributed by atoms with van der Waals surface area (Å²) in [6.45, 7) is 10.4. The fourth-order valence-corrected chi connectivity index (χ4v) is 3.10. The van der Waals surface area contributed by atoms with Crippen LogP contribution in [0.5, 0.6) is 0 Å². The second-order valence-electron chi connectivity index (χ2n) is 7.55. The summed E-state index contributed by atoms with van der Waals surface area (Å²) in [5.41, 5.74) is 5.15. The molecule has 2 aromatic rings. The van der Waals surface area contributed by atoms with Gasteiger partial charge in [-0.15, -0.1) is 0 Å². The summed E-state index contributed by atoms with van der Waals surface area (Å²) >= 11 is 0. The van der Waals surface area contributed by atoms with Gasteiger partial charge in [-0.3, -0.25) is 9.59 Å². The highest BCUT2D eigenvalue weighted by atomic mass is 16.2. The highest BCUT2D eigenvalue weighted by molar-refractivity contribution is 5.96. The summed E-state index contributed by atoms with van der Waals surface area (Å²) < 4.78 is 0. The predicted molar refractivity (Wildman–Crippen MR) is 111 cm³/mol. The first kappa shape index (κ1) is 20.7. The summed E-state index contributed by atoms with van der Waals surface area (Å²) in [4.78, 5) is 24.6. The van der Waals surface area contributed by atoms with Gasteiger partial charge < -0.3 is 10.6 Å². The van der Waals surface area contributed by atoms with Crippen LogP contribution in [0.25, 0.3) is 0 Å². The molecule has 4 nitrogen and oxygen atoms in total. The molecule has 2 amide bonds. The first-order valence-corrected chi connectivity index (χ1v) is 9.53. The number of rotatable bonds is 7. The number of hydrogen-bond donors (Lipinski definition) is 2. The lowest BCUT2D eigenvalue weighted by atomic mass is 9.92. The minimum atomic E-state index is -0.205. The number of benzene rings is 2. The van der Waals surface area contributed by atoms with Gasteiger partial charge >= 0.3 is 0 Å². The van der Waals surface area contributed by atoms with E-state index >= 15 is 0 Å². The SMILES string of the molecule is Cc1ccccc1CC(=O)NCC(=O)Nc1c(C(C)C)cccc1C(C)C. The van der Waals surface area contributed by atoms with E-state index in [2.05, 4.69) is 38.3 Å². The Morgan fingerprint density at radius 3 is 2.00 bits per heavy atom. The number of aryl methyl sites for hydroxylation is 1. The van der Waals surface area contributed by atoms with Crippen LogP contribution in [0.1, 0.15) is 61.8 Å². The number of carbonyl (C=O) groups excluding carboxylic acids is 2. The zero-order valence-electron chi connectivity index (χ0n) is 16.9. The Hall–Kier alpha value is -2.62. The van der Waals surface area contributed by atoms with Crippen molar-refractivity contribution in [3.8, 4) is 0 Å². The summed E-state index contributed by atoms with van der Waals surface area (Å²) in [5.74, 6) is 0.244. The van der Waals surface area contributed by atoms with Gasteiger partial charge in [0.15, 0.2) is 0 Å². The quantitative estimate of drug-likeness (QED) is 0.756. The van der Waals surface area contributed by atoms with Gasteiger partial charge in [0.2, 0.25) is 11.8 Å². The smallest absolute Gasteiger partial charge is 0.243 e. The number of amides is 2. The van der Waals surface area contributed by atoms with E-state index in [4.69, 9.17) is 0 Å². The van der Waals surface area contributed by atoms with Crippen molar-refractivity contribution < 1.29 is 9.59 Å². The molecule has 0 heterocycles. The summed E-state index contributed by atoms with van der Waals surface area (Å²) in [5, 5.41) is 5.74. The summed E-state index contributed by atoms with van der Waals surface area (Å²) in [6.07, 6.45) is 0.278. The van der Waals surface area contributed by atoms with Gasteiger partial charge in [-0.2, -0.15) is 0 Å². The maximum atomic E-state index is 12.5. The molecule has 0 bridgehead atoms. The van der Waals surface area contributed by atoms with Gasteiger partial charge in [-0.1, -0.05) is 70.2 Å². The largest absolute Gasteiger partial charge is 0.347 e. The fraction of sp³-hybridized carbons (Fsp3) is 0.391. The van der Waals surface area contributed by atoms with Crippen LogP contribution >= 0.6 is 0 Å². The molecule has 27 heavy (non-hydrogen) atoms. The zero-order chi connectivity index (χ0) is 20.0. The van der Waals surface area contributed by atoms with Gasteiger partial charge in [0.05, 0.1) is 13.0 Å². The number of nitrogens with one attached hydrogen (secondary N) is 2. The molecule has 0 radical (unpaired) electrons. The topological polar surface area (TPSA) is 58.2 Å². The monoisotopic (exact) mass is 366 g/mol. The Bertz CT molecular complexity index is 784. The third-order valence-electron chi connectivity index (χ3n) is 4.70. The molecule has 0 atom stereocenters. The molecule has 4 heteroatoms. The molecule has 144 valence electrons. The van der Waals surface area contributed by atoms with Crippen molar-refractivity contribution in [3.05, 3.63) is 64.7 Å². The van der Waals surface area contributed by atoms with Crippen LogP contribution in [0, 0.1) is 6.92 Å². The average Bonchev–Trinajstić information content (AvgIpc) is 2.61. The van der Waals surface area contributed by atoms with Crippen molar-refractivity contribution in [2.75, 3.05) is 11.9 Å². The third kappa shape index (κ3) is 5.68. The maximum Gasteiger partial charge on any atom is 0.243 e. The number of carbonyl (C=O) groups is 2. The molecule has 2 N–H and O–H groups in total. The molecular weight excluding hydrogens is 336 g/mol. The Labute approximate surface area is 162 Å². The maximum absolute atomic E-state index is 12.5. The van der Waals surface area contributed by atoms with Crippen LogP contribution in [-0.4, -0.2) is 18.4 Å². The summed E-state index contributed by atoms with van der Waals surface area (Å²) in [7, 11) is 0. The molecule has 0 saturated heterocycles. The average molecular weight is 367 g/mol. The second-order valence-corrected chi connectivity index (χ2v) is 7.55. The normalized spacial score (nSPS) is 10.9. The van der Waals surface area contributed by atoms with E-state index in [1.54, 1.807) is 0 Å². The second kappa shape index (κ2) is 9.36. The number of anilines is 1. The highest BCUT2D eigenvalue weighted by Crippen LogP contribution is 2.32. The molecule has 0 aliphatic heterocycles. The lowest BCUT2D eigenvalue weighted by Crippen LogP contribution is -2.34. The van der Waals surface area contributed by atoms with Crippen LogP contribution in [0.2, 0.25) is 0 Å². The van der Waals surface area contributed by atoms with Crippen LogP contribution < -0.4 is 10.6 Å². The third-order valence-corrected chi connectivity index (χ3v) is 4.70. The lowest BCUT2D eigenvalue weighted by Gasteiger charge is -2.20. The number of para-hydroxylation sites is 1. The van der Waals surface area contributed by atoms with E-state index < -0.39 is 0 Å². The van der Waals surface area contributed by atoms with Gasteiger partial charge in [-0.05, 0) is 41.0 Å². The van der Waals surface area contributed by atoms with Crippen molar-refractivity contribution in [2.24, 2.45) is 0 Å². The first-order valence-electron chi connectivity index (χ1n) is 9.53. The van der Waals surface area contributed by atoms with Crippen molar-refractivity contribution >= 4 is 17.5 Å². The van der Waals surface area contributed by atoms with E-state index in [1.165, 1.54) is 0 Å². The van der Waals surface area contributed by atoms with Gasteiger partial charge in [-0.25, -0.2) is 0 Å². The number of hydrogen-bond acceptors (Lipinski definition) is 2. The molecule has 0 saturated carbocycles. The molecule has 0 aliphatic carbocycles. The van der Waals surface area contributed by atoms with E-state index in [0.717, 1.165) is 27.9 Å². The molecule has 0 aliphatic rings. The van der Waals surface area contributed by atoms with Crippen LogP contribution in [0.15, 0.2) is 42.5 Å². The van der Waals surface area contributed by atoms with E-state index in [1.807, 2.05) is 49.4 Å². The highest BCUT2D eigenvalue weighted by Gasteiger charge is 2.16. The van der Waals surface area contributed by atoms with Crippen molar-refractivity contribution in [1.82, 2.24) is 5.32 Å². The van der Waals surface area contributed by atoms with Crippen molar-refractivity contribution in [2.45, 2.75) is 52.9 Å². The lowest BCUT2D eigenvalue weighted by molar-refractivity contribution is -0.123. The van der Waals surface area contributed by atoms with Crippen molar-refractivity contribution in [1.29, 1.82) is 0 Å². The fourth-order valence-electron chi connectivity index (χ4n) is 3.10. The van der Waals surface area contributed by atoms with Crippen molar-refractivity contribution in [3.63, 3.8) is 0 Å². The molecule has 0 unspecified atom stereocenters. The minimum Gasteiger partial charge on any atom is -0.347 e. The predicted octanol–water partition coefficient (Wildman–Crippen LogP) is 4.54. The molecular formula is C23H30N2O2. The Morgan fingerprint density at radius 1 is 0.852 bits per heavy atom. The molecule has 2 rings (SSSR count). The molecule has 0 fully saturated rings. The van der Waals surface area contributed by atoms with E-state index in [9.17, 15) is 9.59 Å². The van der Waals surface area contributed by atoms with Gasteiger partial charge in [0, 0.05) is 5.69 Å². The van der Waals surface area contributed by atoms with Crippen LogP contribution in [-0.2, 0) is 16.0 Å². The van der Waals surface area contributed by atoms with Gasteiger partial charge in [0.1, 0.15) is 0 Å². The Kier molecular flexibility index (Phi) is 7.17. The van der Waals surface area contributed by atoms with Crippen LogP contribution in [0.3, 0.4) is 0 Å². The zero-order valence-corrected chi connectivity index (χ0v) is 16.9. The Morgan fingerprint density at radius 2 is 1.44 bits per heavy atom. The van der Waals surface area contributed by atoms with Gasteiger partial charge in [0.25, 0.3) is 0 Å². The van der Waals surface area contributed by atoms with Crippen LogP contribution in [0.4, 0.5) is 5.69 Å². The minimum absolute atomic E-state index is 0.0331. The molecule has 0 aromatic heterocycles. The standard InChI is InChI=1S/C23H30N2O2/c1-15(2)19-11-8-12-20(16(3)4)23(19)25-22(27)14-24-21(26)13-18-10-7-6-9-17(18)5/h6-12,15-16H,13-14H2,1-5H3,(H,24,26)(H,25,27). The molecule has 2 aromatic carbocycles. The van der Waals surface area contributed by atoms with E-state index in [0.29, 0.717) is 11.8 Å². The van der Waals surface area contributed by atoms with E-state index in [-0.39, 0.29) is 24.8 Å². The Balaban J connectivity index is 2.02. The first-order chi connectivity index (χ1) is 12.8. The summed E-state index contributed by atoms with van der Waals surface area (Å²) in [6, 6.07) is 13.9. The molecule has 0 spiro atoms.